The molecule has 2 nitrogen and oxygen atoms in total. The van der Waals surface area contributed by atoms with E-state index in [0.29, 0.717) is 5.47 Å². The summed E-state index contributed by atoms with van der Waals surface area (Å²) in [5.41, 5.74) is 0.433. The van der Waals surface area contributed by atoms with Crippen LogP contribution >= 0.6 is 0 Å². The van der Waals surface area contributed by atoms with E-state index in [9.17, 15) is 4.79 Å². The van der Waals surface area contributed by atoms with E-state index in [1.165, 1.54) is 8.05 Å². The fraction of sp³-hybridized carbons (Fsp3) is 0. The van der Waals surface area contributed by atoms with Gasteiger partial charge in [0.25, 0.3) is 0 Å². The average Bonchev–Trinajstić information content (AvgIpc) is 1.65. The molecule has 36 valence electrons. The van der Waals surface area contributed by atoms with Gasteiger partial charge >= 0.3 is 14.0 Å². The summed E-state index contributed by atoms with van der Waals surface area (Å²) in [7, 11) is 2.93. The van der Waals surface area contributed by atoms with Gasteiger partial charge in [-0.3, -0.25) is 0 Å². The molecule has 7 heavy (non-hydrogen) atoms. The summed E-state index contributed by atoms with van der Waals surface area (Å²) in [6.07, 6.45) is 0. The maximum absolute atomic E-state index is 10.2. The van der Waals surface area contributed by atoms with Gasteiger partial charge in [-0.15, -0.1) is 0 Å². The molecule has 0 bridgehead atoms. The SMILES string of the molecule is BOC(=O)C(B)=C. The van der Waals surface area contributed by atoms with E-state index in [2.05, 4.69) is 11.2 Å². The zero-order chi connectivity index (χ0) is 5.86. The second-order valence-electron chi connectivity index (χ2n) is 1.27. The molecule has 4 heteroatoms. The highest BCUT2D eigenvalue weighted by molar-refractivity contribution is 6.36. The Balaban J connectivity index is 3.58. The Hall–Kier alpha value is -0.660. The van der Waals surface area contributed by atoms with E-state index in [0.717, 1.165) is 0 Å². The van der Waals surface area contributed by atoms with E-state index in [1.54, 1.807) is 7.85 Å². The lowest BCUT2D eigenvalue weighted by molar-refractivity contribution is -0.129. The quantitative estimate of drug-likeness (QED) is 0.285. The maximum atomic E-state index is 10.2. The molecule has 0 unspecified atom stereocenters. The first-order chi connectivity index (χ1) is 3.18. The van der Waals surface area contributed by atoms with Gasteiger partial charge in [0, 0.05) is 0 Å². The molecule has 0 radical (unpaired) electrons. The smallest absolute Gasteiger partial charge is 0.326 e. The number of rotatable bonds is 1. The summed E-state index contributed by atoms with van der Waals surface area (Å²) in [5.74, 6) is -0.347. The van der Waals surface area contributed by atoms with Crippen LogP contribution < -0.4 is 0 Å². The lowest BCUT2D eigenvalue weighted by Gasteiger charge is -1.92. The Labute approximate surface area is 44.4 Å². The van der Waals surface area contributed by atoms with Gasteiger partial charge in [-0.05, 0) is 5.47 Å². The van der Waals surface area contributed by atoms with Crippen molar-refractivity contribution in [3.8, 4) is 0 Å². The molecular weight excluding hydrogens is 89.7 g/mol. The standard InChI is InChI=1S/C3H6B2O2/c1-2(4)3(6)7-5/h1,4-5H2. The van der Waals surface area contributed by atoms with Crippen molar-refractivity contribution in [2.24, 2.45) is 0 Å². The summed E-state index contributed by atoms with van der Waals surface area (Å²) < 4.78 is 4.27. The third-order valence-electron chi connectivity index (χ3n) is 0.534. The minimum absolute atomic E-state index is 0.347. The molecule has 0 heterocycles. The minimum atomic E-state index is -0.347. The molecule has 0 saturated heterocycles. The van der Waals surface area contributed by atoms with Gasteiger partial charge in [-0.2, -0.15) is 0 Å². The first-order valence-corrected chi connectivity index (χ1v) is 1.92. The summed E-state index contributed by atoms with van der Waals surface area (Å²) >= 11 is 0. The Bertz CT molecular complexity index is 99.1. The van der Waals surface area contributed by atoms with Crippen molar-refractivity contribution in [3.05, 3.63) is 12.1 Å². The maximum Gasteiger partial charge on any atom is 0.326 e. The molecule has 0 aromatic carbocycles. The van der Waals surface area contributed by atoms with Crippen LogP contribution in [0.2, 0.25) is 0 Å². The van der Waals surface area contributed by atoms with Crippen molar-refractivity contribution < 1.29 is 9.45 Å². The van der Waals surface area contributed by atoms with E-state index in [1.807, 2.05) is 0 Å². The van der Waals surface area contributed by atoms with Crippen LogP contribution in [0.3, 0.4) is 0 Å². The Morgan fingerprint density at radius 1 is 1.71 bits per heavy atom. The van der Waals surface area contributed by atoms with E-state index >= 15 is 0 Å². The number of hydrogen-bond acceptors (Lipinski definition) is 2. The Morgan fingerprint density at radius 2 is 2.14 bits per heavy atom. The van der Waals surface area contributed by atoms with Gasteiger partial charge < -0.3 is 4.65 Å². The fourth-order valence-electron chi connectivity index (χ4n) is 0.174. The van der Waals surface area contributed by atoms with Gasteiger partial charge in [0.15, 0.2) is 0 Å². The van der Waals surface area contributed by atoms with Crippen molar-refractivity contribution in [3.63, 3.8) is 0 Å². The third-order valence-corrected chi connectivity index (χ3v) is 0.534. The van der Waals surface area contributed by atoms with Crippen molar-refractivity contribution in [2.75, 3.05) is 0 Å². The molecule has 0 atom stereocenters. The molecular formula is C3H6B2O2. The number of hydrogen-bond donors (Lipinski definition) is 0. The van der Waals surface area contributed by atoms with Crippen LogP contribution in [0.5, 0.6) is 0 Å². The molecule has 0 N–H and O–H groups in total. The molecule has 0 aromatic rings. The fourth-order valence-corrected chi connectivity index (χ4v) is 0.174. The minimum Gasteiger partial charge on any atom is -0.541 e. The second-order valence-corrected chi connectivity index (χ2v) is 1.27. The van der Waals surface area contributed by atoms with Crippen LogP contribution in [0, 0.1) is 0 Å². The van der Waals surface area contributed by atoms with Gasteiger partial charge in [0.1, 0.15) is 7.85 Å². The van der Waals surface area contributed by atoms with Crippen LogP contribution in [-0.2, 0) is 9.45 Å². The van der Waals surface area contributed by atoms with Crippen LogP contribution in [0.25, 0.3) is 0 Å². The summed E-state index contributed by atoms with van der Waals surface area (Å²) in [4.78, 5) is 10.2. The number of carbonyl (C=O) groups excluding carboxylic acids is 1. The lowest BCUT2D eigenvalue weighted by Crippen LogP contribution is -2.03. The zero-order valence-electron chi connectivity index (χ0n) is 4.52. The zero-order valence-corrected chi connectivity index (χ0v) is 4.52. The largest absolute Gasteiger partial charge is 0.541 e. The topological polar surface area (TPSA) is 26.3 Å². The van der Waals surface area contributed by atoms with Crippen LogP contribution in [0.15, 0.2) is 12.1 Å². The molecule has 0 aliphatic heterocycles. The summed E-state index contributed by atoms with van der Waals surface area (Å²) in [6.45, 7) is 3.35. The van der Waals surface area contributed by atoms with Crippen LogP contribution in [0.4, 0.5) is 0 Å². The van der Waals surface area contributed by atoms with Gasteiger partial charge in [-0.1, -0.05) is 6.58 Å². The van der Waals surface area contributed by atoms with E-state index in [4.69, 9.17) is 0 Å². The van der Waals surface area contributed by atoms with Crippen molar-refractivity contribution in [2.45, 2.75) is 0 Å². The molecule has 0 aromatic heterocycles. The highest BCUT2D eigenvalue weighted by Gasteiger charge is 1.94. The highest BCUT2D eigenvalue weighted by atomic mass is 16.5. The highest BCUT2D eigenvalue weighted by Crippen LogP contribution is 1.81. The monoisotopic (exact) mass is 96.1 g/mol. The first kappa shape index (κ1) is 6.34. The molecule has 0 aliphatic rings. The summed E-state index contributed by atoms with van der Waals surface area (Å²) in [5, 5.41) is 0. The second kappa shape index (κ2) is 2.50. The van der Waals surface area contributed by atoms with E-state index in [-0.39, 0.29) is 5.97 Å². The molecule has 0 aliphatic carbocycles. The van der Waals surface area contributed by atoms with Crippen molar-refractivity contribution >= 4 is 21.9 Å². The predicted molar refractivity (Wildman–Crippen MR) is 32.3 cm³/mol. The normalized spacial score (nSPS) is 7.43. The van der Waals surface area contributed by atoms with Crippen LogP contribution in [0.1, 0.15) is 0 Å². The summed E-state index contributed by atoms with van der Waals surface area (Å²) in [6, 6.07) is 0. The third kappa shape index (κ3) is 2.09. The number of carbonyl (C=O) groups is 1. The lowest BCUT2D eigenvalue weighted by atomic mass is 9.98. The van der Waals surface area contributed by atoms with Crippen LogP contribution in [-0.4, -0.2) is 21.9 Å². The predicted octanol–water partition coefficient (Wildman–Crippen LogP) is -1.78. The molecule has 0 amide bonds. The van der Waals surface area contributed by atoms with Crippen molar-refractivity contribution in [1.82, 2.24) is 0 Å². The van der Waals surface area contributed by atoms with E-state index < -0.39 is 0 Å². The molecule has 0 spiro atoms. The molecule has 0 fully saturated rings. The Kier molecular flexibility index (Phi) is 2.27. The van der Waals surface area contributed by atoms with Crippen molar-refractivity contribution in [1.29, 1.82) is 0 Å². The molecule has 0 rings (SSSR count). The van der Waals surface area contributed by atoms with Gasteiger partial charge in [0.2, 0.25) is 0 Å². The first-order valence-electron chi connectivity index (χ1n) is 1.92. The molecule has 0 saturated carbocycles. The van der Waals surface area contributed by atoms with Gasteiger partial charge in [-0.25, -0.2) is 4.79 Å². The Morgan fingerprint density at radius 3 is 2.14 bits per heavy atom. The van der Waals surface area contributed by atoms with Gasteiger partial charge in [0.05, 0.1) is 0 Å². The average molecular weight is 95.7 g/mol.